The maximum Gasteiger partial charge on any atom is 0.134 e. The molecule has 0 aromatic heterocycles. The standard InChI is InChI=1S/C20H28BrCl2NO3/c1-5-15-13-17(25-12-9-18(22)23)19(21)16(6-2)20(15)26-10-7-8-11-27-24-14(3)4/h9,13H,5-8,10-12H2,1-4H3. The van der Waals surface area contributed by atoms with E-state index in [-0.39, 0.29) is 4.49 Å². The van der Waals surface area contributed by atoms with E-state index >= 15 is 0 Å². The van der Waals surface area contributed by atoms with Crippen molar-refractivity contribution in [2.45, 2.75) is 53.4 Å². The first kappa shape index (κ1) is 24.1. The highest BCUT2D eigenvalue weighted by Gasteiger charge is 2.17. The third kappa shape index (κ3) is 8.75. The molecule has 0 bridgehead atoms. The zero-order chi connectivity index (χ0) is 20.2. The highest BCUT2D eigenvalue weighted by molar-refractivity contribution is 9.10. The molecule has 0 saturated heterocycles. The van der Waals surface area contributed by atoms with Crippen LogP contribution in [-0.4, -0.2) is 25.5 Å². The summed E-state index contributed by atoms with van der Waals surface area (Å²) in [6.07, 6.45) is 5.10. The summed E-state index contributed by atoms with van der Waals surface area (Å²) >= 11 is 14.9. The lowest BCUT2D eigenvalue weighted by Crippen LogP contribution is -2.06. The van der Waals surface area contributed by atoms with Crippen molar-refractivity contribution in [3.05, 3.63) is 32.2 Å². The molecule has 0 N–H and O–H groups in total. The van der Waals surface area contributed by atoms with Crippen LogP contribution in [0.4, 0.5) is 0 Å². The number of ether oxygens (including phenoxy) is 2. The summed E-state index contributed by atoms with van der Waals surface area (Å²) in [4.78, 5) is 5.21. The van der Waals surface area contributed by atoms with Gasteiger partial charge in [0, 0.05) is 5.56 Å². The maximum absolute atomic E-state index is 6.13. The fraction of sp³-hybridized carbons (Fsp3) is 0.550. The van der Waals surface area contributed by atoms with Crippen LogP contribution < -0.4 is 9.47 Å². The Hall–Kier alpha value is -0.910. The Morgan fingerprint density at radius 1 is 1.11 bits per heavy atom. The number of benzene rings is 1. The van der Waals surface area contributed by atoms with Gasteiger partial charge in [-0.3, -0.25) is 0 Å². The van der Waals surface area contributed by atoms with E-state index in [1.165, 1.54) is 0 Å². The number of oxime groups is 1. The summed E-state index contributed by atoms with van der Waals surface area (Å²) in [7, 11) is 0. The summed E-state index contributed by atoms with van der Waals surface area (Å²) in [6.45, 7) is 9.57. The molecule has 0 aliphatic heterocycles. The second-order valence-electron chi connectivity index (χ2n) is 6.09. The number of halogens is 3. The van der Waals surface area contributed by atoms with Crippen molar-refractivity contribution in [3.63, 3.8) is 0 Å². The third-order valence-corrected chi connectivity index (χ3v) is 4.86. The Balaban J connectivity index is 2.76. The van der Waals surface area contributed by atoms with Crippen LogP contribution in [0.1, 0.15) is 51.7 Å². The molecule has 27 heavy (non-hydrogen) atoms. The molecule has 4 nitrogen and oxygen atoms in total. The fourth-order valence-corrected chi connectivity index (χ4v) is 3.22. The van der Waals surface area contributed by atoms with Gasteiger partial charge in [-0.05, 0) is 73.2 Å². The molecule has 0 radical (unpaired) electrons. The number of unbranched alkanes of at least 4 members (excludes halogenated alkanes) is 1. The zero-order valence-electron chi connectivity index (χ0n) is 16.4. The average Bonchev–Trinajstić information content (AvgIpc) is 2.62. The smallest absolute Gasteiger partial charge is 0.134 e. The number of hydrogen-bond donors (Lipinski definition) is 0. The van der Waals surface area contributed by atoms with Crippen LogP contribution in [0.15, 0.2) is 26.3 Å². The van der Waals surface area contributed by atoms with E-state index in [1.54, 1.807) is 6.08 Å². The normalized spacial score (nSPS) is 10.3. The molecule has 0 aliphatic rings. The van der Waals surface area contributed by atoms with Crippen LogP contribution in [0.2, 0.25) is 0 Å². The molecular weight excluding hydrogens is 453 g/mol. The molecule has 0 fully saturated rings. The van der Waals surface area contributed by atoms with Crippen molar-refractivity contribution in [2.75, 3.05) is 19.8 Å². The first-order valence-electron chi connectivity index (χ1n) is 9.14. The van der Waals surface area contributed by atoms with Crippen LogP contribution >= 0.6 is 39.1 Å². The molecule has 0 amide bonds. The van der Waals surface area contributed by atoms with E-state index in [4.69, 9.17) is 37.5 Å². The monoisotopic (exact) mass is 479 g/mol. The topological polar surface area (TPSA) is 40.0 Å². The first-order valence-corrected chi connectivity index (χ1v) is 10.7. The lowest BCUT2D eigenvalue weighted by atomic mass is 10.0. The number of aryl methyl sites for hydroxylation is 1. The van der Waals surface area contributed by atoms with Crippen LogP contribution in [0.3, 0.4) is 0 Å². The maximum atomic E-state index is 6.13. The Bertz CT molecular complexity index is 655. The molecule has 0 atom stereocenters. The zero-order valence-corrected chi connectivity index (χ0v) is 19.5. The Kier molecular flexibility index (Phi) is 11.9. The quantitative estimate of drug-likeness (QED) is 0.186. The Morgan fingerprint density at radius 2 is 1.81 bits per heavy atom. The minimum absolute atomic E-state index is 0.196. The minimum atomic E-state index is 0.196. The fourth-order valence-electron chi connectivity index (χ4n) is 2.40. The molecule has 0 heterocycles. The summed E-state index contributed by atoms with van der Waals surface area (Å²) in [6, 6.07) is 2.01. The van der Waals surface area contributed by atoms with E-state index in [0.717, 1.165) is 58.5 Å². The van der Waals surface area contributed by atoms with Gasteiger partial charge in [0.05, 0.1) is 16.8 Å². The molecule has 7 heteroatoms. The van der Waals surface area contributed by atoms with Gasteiger partial charge in [0.25, 0.3) is 0 Å². The second-order valence-corrected chi connectivity index (χ2v) is 7.90. The van der Waals surface area contributed by atoms with Crippen molar-refractivity contribution >= 4 is 44.8 Å². The van der Waals surface area contributed by atoms with E-state index in [1.807, 2.05) is 19.9 Å². The summed E-state index contributed by atoms with van der Waals surface area (Å²) in [5.41, 5.74) is 3.14. The summed E-state index contributed by atoms with van der Waals surface area (Å²) < 4.78 is 13.0. The molecule has 1 aromatic rings. The molecule has 0 spiro atoms. The molecule has 0 unspecified atom stereocenters. The number of hydrogen-bond acceptors (Lipinski definition) is 4. The SMILES string of the molecule is CCc1cc(OCC=C(Cl)Cl)c(Br)c(CC)c1OCCCCON=C(C)C. The Labute approximate surface area is 181 Å². The molecule has 0 aliphatic carbocycles. The highest BCUT2D eigenvalue weighted by Crippen LogP contribution is 2.39. The predicted molar refractivity (Wildman–Crippen MR) is 118 cm³/mol. The summed E-state index contributed by atoms with van der Waals surface area (Å²) in [5.74, 6) is 1.71. The van der Waals surface area contributed by atoms with Crippen molar-refractivity contribution < 1.29 is 14.3 Å². The van der Waals surface area contributed by atoms with Gasteiger partial charge in [0.15, 0.2) is 0 Å². The minimum Gasteiger partial charge on any atom is -0.493 e. The van der Waals surface area contributed by atoms with Crippen LogP contribution in [0, 0.1) is 0 Å². The Morgan fingerprint density at radius 3 is 2.41 bits per heavy atom. The van der Waals surface area contributed by atoms with E-state index in [9.17, 15) is 0 Å². The van der Waals surface area contributed by atoms with E-state index < -0.39 is 0 Å². The highest BCUT2D eigenvalue weighted by atomic mass is 79.9. The van der Waals surface area contributed by atoms with Crippen LogP contribution in [-0.2, 0) is 17.7 Å². The largest absolute Gasteiger partial charge is 0.493 e. The average molecular weight is 481 g/mol. The first-order chi connectivity index (χ1) is 12.9. The van der Waals surface area contributed by atoms with Crippen LogP contribution in [0.25, 0.3) is 0 Å². The van der Waals surface area contributed by atoms with E-state index in [2.05, 4.69) is 34.9 Å². The molecule has 1 aromatic carbocycles. The van der Waals surface area contributed by atoms with Gasteiger partial charge in [0.2, 0.25) is 0 Å². The summed E-state index contributed by atoms with van der Waals surface area (Å²) in [5, 5.41) is 3.93. The number of rotatable bonds is 12. The molecule has 1 rings (SSSR count). The molecular formula is C20H28BrCl2NO3. The molecule has 0 saturated carbocycles. The lowest BCUT2D eigenvalue weighted by Gasteiger charge is -2.19. The van der Waals surface area contributed by atoms with Gasteiger partial charge in [-0.1, -0.05) is 42.2 Å². The van der Waals surface area contributed by atoms with Gasteiger partial charge < -0.3 is 14.3 Å². The van der Waals surface area contributed by atoms with Crippen molar-refractivity contribution in [1.82, 2.24) is 0 Å². The van der Waals surface area contributed by atoms with Gasteiger partial charge in [-0.2, -0.15) is 0 Å². The van der Waals surface area contributed by atoms with Crippen molar-refractivity contribution in [3.8, 4) is 11.5 Å². The van der Waals surface area contributed by atoms with Crippen LogP contribution in [0.5, 0.6) is 11.5 Å². The van der Waals surface area contributed by atoms with E-state index in [0.29, 0.717) is 19.8 Å². The lowest BCUT2D eigenvalue weighted by molar-refractivity contribution is 0.135. The molecule has 152 valence electrons. The van der Waals surface area contributed by atoms with Gasteiger partial charge in [-0.25, -0.2) is 0 Å². The number of nitrogens with zero attached hydrogens (tertiary/aromatic N) is 1. The van der Waals surface area contributed by atoms with Gasteiger partial charge in [-0.15, -0.1) is 0 Å². The third-order valence-electron chi connectivity index (χ3n) is 3.69. The van der Waals surface area contributed by atoms with Crippen molar-refractivity contribution in [1.29, 1.82) is 0 Å². The van der Waals surface area contributed by atoms with Crippen molar-refractivity contribution in [2.24, 2.45) is 5.16 Å². The van der Waals surface area contributed by atoms with Gasteiger partial charge >= 0.3 is 0 Å². The van der Waals surface area contributed by atoms with Gasteiger partial charge in [0.1, 0.15) is 29.2 Å². The predicted octanol–water partition coefficient (Wildman–Crippen LogP) is 6.84. The second kappa shape index (κ2) is 13.3.